The number of ether oxygens (including phenoxy) is 1. The van der Waals surface area contributed by atoms with E-state index in [0.29, 0.717) is 23.7 Å². The Morgan fingerprint density at radius 2 is 2.13 bits per heavy atom. The van der Waals surface area contributed by atoms with Crippen molar-refractivity contribution in [3.8, 4) is 5.75 Å². The van der Waals surface area contributed by atoms with E-state index in [1.54, 1.807) is 12.1 Å². The van der Waals surface area contributed by atoms with E-state index in [2.05, 4.69) is 10.6 Å². The van der Waals surface area contributed by atoms with Gasteiger partial charge in [-0.15, -0.1) is 0 Å². The summed E-state index contributed by atoms with van der Waals surface area (Å²) >= 11 is 1.19. The van der Waals surface area contributed by atoms with Crippen LogP contribution in [0, 0.1) is 6.92 Å². The van der Waals surface area contributed by atoms with Crippen molar-refractivity contribution in [3.05, 3.63) is 23.8 Å². The molecule has 8 heteroatoms. The van der Waals surface area contributed by atoms with Gasteiger partial charge in [-0.25, -0.2) is 0 Å². The third kappa shape index (κ3) is 4.88. The van der Waals surface area contributed by atoms with E-state index in [0.717, 1.165) is 5.56 Å². The first kappa shape index (κ1) is 17.1. The number of benzene rings is 1. The van der Waals surface area contributed by atoms with Crippen LogP contribution in [0.25, 0.3) is 0 Å². The monoisotopic (exact) mass is 337 g/mol. The molecule has 1 aliphatic heterocycles. The zero-order valence-corrected chi connectivity index (χ0v) is 13.9. The molecular weight excluding hydrogens is 318 g/mol. The van der Waals surface area contributed by atoms with E-state index in [9.17, 15) is 14.4 Å². The van der Waals surface area contributed by atoms with Gasteiger partial charge in [0.2, 0.25) is 11.8 Å². The van der Waals surface area contributed by atoms with Crippen molar-refractivity contribution in [2.24, 2.45) is 0 Å². The van der Waals surface area contributed by atoms with Gasteiger partial charge in [0.1, 0.15) is 12.3 Å². The molecule has 0 spiro atoms. The fraction of sp³-hybridized carbons (Fsp3) is 0.400. The van der Waals surface area contributed by atoms with Crippen LogP contribution in [-0.2, 0) is 9.59 Å². The fourth-order valence-electron chi connectivity index (χ4n) is 2.09. The third-order valence-electron chi connectivity index (χ3n) is 3.25. The molecule has 3 amide bonds. The number of anilines is 1. The molecule has 7 nitrogen and oxygen atoms in total. The lowest BCUT2D eigenvalue weighted by Gasteiger charge is -2.14. The first-order valence-corrected chi connectivity index (χ1v) is 8.11. The third-order valence-corrected chi connectivity index (χ3v) is 4.15. The molecule has 0 aromatic heterocycles. The Hall–Kier alpha value is -2.22. The second-order valence-electron chi connectivity index (χ2n) is 5.06. The molecule has 0 unspecified atom stereocenters. The highest BCUT2D eigenvalue weighted by atomic mass is 32.2. The molecule has 1 aliphatic rings. The molecule has 1 fully saturated rings. The van der Waals surface area contributed by atoms with E-state index in [1.165, 1.54) is 23.8 Å². The van der Waals surface area contributed by atoms with Crippen LogP contribution in [0.1, 0.15) is 5.56 Å². The number of carbonyl (C=O) groups is 3. The van der Waals surface area contributed by atoms with Crippen molar-refractivity contribution in [3.63, 3.8) is 0 Å². The van der Waals surface area contributed by atoms with Crippen LogP contribution in [0.3, 0.4) is 0 Å². The molecule has 0 radical (unpaired) electrons. The van der Waals surface area contributed by atoms with Gasteiger partial charge in [-0.1, -0.05) is 17.8 Å². The molecule has 0 atom stereocenters. The van der Waals surface area contributed by atoms with Crippen LogP contribution in [0.15, 0.2) is 18.2 Å². The van der Waals surface area contributed by atoms with Crippen molar-refractivity contribution >= 4 is 34.5 Å². The number of carbonyl (C=O) groups excluding carboxylic acids is 3. The first-order chi connectivity index (χ1) is 11.0. The summed E-state index contributed by atoms with van der Waals surface area (Å²) in [5, 5.41) is 5.10. The number of aryl methyl sites for hydroxylation is 1. The van der Waals surface area contributed by atoms with Crippen LogP contribution in [-0.4, -0.2) is 54.5 Å². The number of thioether (sulfide) groups is 1. The summed E-state index contributed by atoms with van der Waals surface area (Å²) in [7, 11) is 1.52. The van der Waals surface area contributed by atoms with Gasteiger partial charge < -0.3 is 20.3 Å². The normalized spacial score (nSPS) is 13.8. The molecule has 0 bridgehead atoms. The van der Waals surface area contributed by atoms with Crippen molar-refractivity contribution in [2.45, 2.75) is 6.92 Å². The number of rotatable bonds is 6. The maximum absolute atomic E-state index is 11.9. The summed E-state index contributed by atoms with van der Waals surface area (Å²) in [6.45, 7) is 2.28. The molecule has 1 aromatic rings. The summed E-state index contributed by atoms with van der Waals surface area (Å²) < 4.78 is 5.18. The highest BCUT2D eigenvalue weighted by molar-refractivity contribution is 8.13. The number of nitrogens with one attached hydrogen (secondary N) is 2. The number of methoxy groups -OCH3 is 1. The Balaban J connectivity index is 1.82. The lowest BCUT2D eigenvalue weighted by atomic mass is 10.2. The highest BCUT2D eigenvalue weighted by Gasteiger charge is 2.23. The second kappa shape index (κ2) is 7.87. The molecule has 0 aliphatic carbocycles. The topological polar surface area (TPSA) is 87.7 Å². The maximum atomic E-state index is 11.9. The molecule has 2 N–H and O–H groups in total. The Kier molecular flexibility index (Phi) is 5.86. The number of hydrogen-bond acceptors (Lipinski definition) is 5. The van der Waals surface area contributed by atoms with Gasteiger partial charge in [-0.3, -0.25) is 14.4 Å². The lowest BCUT2D eigenvalue weighted by molar-refractivity contribution is -0.124. The van der Waals surface area contributed by atoms with E-state index >= 15 is 0 Å². The summed E-state index contributed by atoms with van der Waals surface area (Å²) in [4.78, 5) is 36.6. The second-order valence-corrected chi connectivity index (χ2v) is 6.11. The minimum Gasteiger partial charge on any atom is -0.495 e. The number of nitrogens with zero attached hydrogens (tertiary/aromatic N) is 1. The summed E-state index contributed by atoms with van der Waals surface area (Å²) in [5.74, 6) is 0.534. The largest absolute Gasteiger partial charge is 0.495 e. The minimum absolute atomic E-state index is 0.0210. The lowest BCUT2D eigenvalue weighted by Crippen LogP contribution is -2.40. The van der Waals surface area contributed by atoms with Crippen molar-refractivity contribution < 1.29 is 19.1 Å². The Morgan fingerprint density at radius 3 is 2.78 bits per heavy atom. The molecule has 0 saturated carbocycles. The zero-order chi connectivity index (χ0) is 16.8. The van der Waals surface area contributed by atoms with Gasteiger partial charge in [-0.2, -0.15) is 0 Å². The Bertz CT molecular complexity index is 621. The van der Waals surface area contributed by atoms with Crippen LogP contribution < -0.4 is 15.4 Å². The molecular formula is C15H19N3O4S. The van der Waals surface area contributed by atoms with Crippen molar-refractivity contribution in [1.82, 2.24) is 10.2 Å². The van der Waals surface area contributed by atoms with Gasteiger partial charge in [0.15, 0.2) is 0 Å². The van der Waals surface area contributed by atoms with E-state index in [4.69, 9.17) is 4.74 Å². The van der Waals surface area contributed by atoms with E-state index < -0.39 is 0 Å². The average molecular weight is 337 g/mol. The Labute approximate surface area is 138 Å². The molecule has 124 valence electrons. The molecule has 1 heterocycles. The van der Waals surface area contributed by atoms with Crippen molar-refractivity contribution in [2.75, 3.05) is 37.8 Å². The van der Waals surface area contributed by atoms with Crippen LogP contribution in [0.4, 0.5) is 10.5 Å². The summed E-state index contributed by atoms with van der Waals surface area (Å²) in [6, 6.07) is 5.43. The van der Waals surface area contributed by atoms with E-state index in [1.807, 2.05) is 13.0 Å². The Morgan fingerprint density at radius 1 is 1.35 bits per heavy atom. The van der Waals surface area contributed by atoms with Gasteiger partial charge in [0.25, 0.3) is 5.24 Å². The van der Waals surface area contributed by atoms with Gasteiger partial charge >= 0.3 is 0 Å². The number of amides is 3. The van der Waals surface area contributed by atoms with Crippen LogP contribution >= 0.6 is 11.8 Å². The SMILES string of the molecule is COc1ccc(C)cc1NC(=O)CNC(=O)CN1CCSC1=O. The van der Waals surface area contributed by atoms with Gasteiger partial charge in [-0.05, 0) is 24.6 Å². The van der Waals surface area contributed by atoms with Crippen molar-refractivity contribution in [1.29, 1.82) is 0 Å². The predicted molar refractivity (Wildman–Crippen MR) is 88.8 cm³/mol. The predicted octanol–water partition coefficient (Wildman–Crippen LogP) is 1.23. The average Bonchev–Trinajstić information content (AvgIpc) is 2.91. The summed E-state index contributed by atoms with van der Waals surface area (Å²) in [6.07, 6.45) is 0. The molecule has 23 heavy (non-hydrogen) atoms. The van der Waals surface area contributed by atoms with Gasteiger partial charge in [0.05, 0.1) is 19.3 Å². The summed E-state index contributed by atoms with van der Waals surface area (Å²) in [5.41, 5.74) is 1.54. The quantitative estimate of drug-likeness (QED) is 0.815. The van der Waals surface area contributed by atoms with E-state index in [-0.39, 0.29) is 30.1 Å². The highest BCUT2D eigenvalue weighted by Crippen LogP contribution is 2.24. The smallest absolute Gasteiger partial charge is 0.282 e. The fourth-order valence-corrected chi connectivity index (χ4v) is 2.92. The standard InChI is InChI=1S/C15H19N3O4S/c1-10-3-4-12(22-2)11(7-10)17-13(19)8-16-14(20)9-18-5-6-23-15(18)21/h3-4,7H,5-6,8-9H2,1-2H3,(H,16,20)(H,17,19). The first-order valence-electron chi connectivity index (χ1n) is 7.12. The van der Waals surface area contributed by atoms with Gasteiger partial charge in [0, 0.05) is 12.3 Å². The zero-order valence-electron chi connectivity index (χ0n) is 13.0. The molecule has 1 saturated heterocycles. The minimum atomic E-state index is -0.357. The maximum Gasteiger partial charge on any atom is 0.282 e. The molecule has 1 aromatic carbocycles. The van der Waals surface area contributed by atoms with Crippen LogP contribution in [0.5, 0.6) is 5.75 Å². The van der Waals surface area contributed by atoms with Crippen LogP contribution in [0.2, 0.25) is 0 Å². The number of hydrogen-bond donors (Lipinski definition) is 2. The molecule has 2 rings (SSSR count).